The van der Waals surface area contributed by atoms with Gasteiger partial charge in [0.25, 0.3) is 0 Å². The number of nitrogens with one attached hydrogen (secondary N) is 3. The Balaban J connectivity index is 1.76. The number of ether oxygens (including phenoxy) is 1. The Morgan fingerprint density at radius 3 is 2.44 bits per heavy atom. The Bertz CT molecular complexity index is 1340. The van der Waals surface area contributed by atoms with Gasteiger partial charge in [0.2, 0.25) is 11.8 Å². The highest BCUT2D eigenvalue weighted by Crippen LogP contribution is 2.21. The smallest absolute Gasteiger partial charge is 0.309 e. The molecular weight excluding hydrogens is 542 g/mol. The molecule has 0 aliphatic rings. The van der Waals surface area contributed by atoms with Crippen molar-refractivity contribution in [2.75, 3.05) is 13.2 Å². The lowest BCUT2D eigenvalue weighted by Gasteiger charge is -2.24. The number of amides is 2. The Morgan fingerprint density at radius 1 is 0.977 bits per heavy atom. The number of hydrogen-bond donors (Lipinski definition) is 4. The average Bonchev–Trinajstić information content (AvgIpc) is 3.42. The molecule has 3 aromatic rings. The topological polar surface area (TPSA) is 121 Å². The van der Waals surface area contributed by atoms with Crippen LogP contribution in [-0.4, -0.2) is 53.2 Å². The molecule has 8 nitrogen and oxygen atoms in total. The fourth-order valence-corrected chi connectivity index (χ4v) is 5.14. The lowest BCUT2D eigenvalue weighted by atomic mass is 9.94. The number of aliphatic hydroxyl groups excluding tert-OH is 1. The third-order valence-corrected chi connectivity index (χ3v) is 7.47. The summed E-state index contributed by atoms with van der Waals surface area (Å²) in [5.74, 6) is -1.93. The van der Waals surface area contributed by atoms with E-state index in [-0.39, 0.29) is 43.3 Å². The molecule has 4 N–H and O–H groups in total. The van der Waals surface area contributed by atoms with Gasteiger partial charge in [-0.05, 0) is 62.6 Å². The van der Waals surface area contributed by atoms with Crippen LogP contribution in [-0.2, 0) is 32.0 Å². The number of esters is 1. The maximum atomic E-state index is 13.5. The average molecular weight is 588 g/mol. The lowest BCUT2D eigenvalue weighted by Crippen LogP contribution is -2.45. The van der Waals surface area contributed by atoms with Crippen LogP contribution in [0.3, 0.4) is 0 Å². The molecule has 2 aromatic carbocycles. The number of rotatable bonds is 19. The van der Waals surface area contributed by atoms with Crippen LogP contribution in [0.15, 0.2) is 86.1 Å². The van der Waals surface area contributed by atoms with Crippen LogP contribution >= 0.6 is 0 Å². The predicted octanol–water partition coefficient (Wildman–Crippen LogP) is 5.03. The maximum absolute atomic E-state index is 13.5. The van der Waals surface area contributed by atoms with E-state index in [2.05, 4.69) is 28.8 Å². The van der Waals surface area contributed by atoms with Crippen LogP contribution in [0.1, 0.15) is 50.2 Å². The van der Waals surface area contributed by atoms with E-state index in [9.17, 15) is 19.5 Å². The number of benzene rings is 2. The minimum Gasteiger partial charge on any atom is -0.463 e. The molecule has 0 aliphatic carbocycles. The van der Waals surface area contributed by atoms with Crippen molar-refractivity contribution in [1.29, 1.82) is 0 Å². The summed E-state index contributed by atoms with van der Waals surface area (Å²) in [4.78, 5) is 42.7. The number of aliphatic hydroxyl groups is 1. The Kier molecular flexibility index (Phi) is 13.7. The molecule has 0 unspecified atom stereocenters. The molecule has 0 bridgehead atoms. The number of aromatic nitrogens is 1. The van der Waals surface area contributed by atoms with Crippen LogP contribution < -0.4 is 10.6 Å². The molecule has 3 rings (SSSR count). The van der Waals surface area contributed by atoms with Crippen molar-refractivity contribution in [1.82, 2.24) is 15.6 Å². The number of para-hydroxylation sites is 1. The van der Waals surface area contributed by atoms with Crippen molar-refractivity contribution in [2.24, 2.45) is 11.8 Å². The van der Waals surface area contributed by atoms with E-state index >= 15 is 0 Å². The lowest BCUT2D eigenvalue weighted by molar-refractivity contribution is -0.150. The van der Waals surface area contributed by atoms with Crippen molar-refractivity contribution in [3.63, 3.8) is 0 Å². The minimum absolute atomic E-state index is 0.00855. The number of carbonyl (C=O) groups excluding carboxylic acids is 3. The third kappa shape index (κ3) is 10.9. The molecule has 0 radical (unpaired) electrons. The van der Waals surface area contributed by atoms with Gasteiger partial charge in [0.1, 0.15) is 6.61 Å². The minimum atomic E-state index is -0.658. The summed E-state index contributed by atoms with van der Waals surface area (Å²) < 4.78 is 5.90. The molecule has 0 saturated heterocycles. The van der Waals surface area contributed by atoms with Gasteiger partial charge in [0, 0.05) is 29.6 Å². The number of H-pyrrole nitrogens is 1. The number of fused-ring (bicyclic) bond motifs is 1. The predicted molar refractivity (Wildman–Crippen MR) is 170 cm³/mol. The van der Waals surface area contributed by atoms with E-state index in [1.807, 2.05) is 66.9 Å². The first-order valence-electron chi connectivity index (χ1n) is 15.0. The molecule has 1 aromatic heterocycles. The quantitative estimate of drug-likeness (QED) is 0.0891. The molecule has 43 heavy (non-hydrogen) atoms. The van der Waals surface area contributed by atoms with Gasteiger partial charge < -0.3 is 25.5 Å². The number of hydrogen-bond acceptors (Lipinski definition) is 5. The molecule has 0 aliphatic heterocycles. The van der Waals surface area contributed by atoms with Crippen molar-refractivity contribution in [3.8, 4) is 0 Å². The first kappa shape index (κ1) is 33.3. The summed E-state index contributed by atoms with van der Waals surface area (Å²) in [7, 11) is 0. The van der Waals surface area contributed by atoms with Gasteiger partial charge in [0.15, 0.2) is 0 Å². The van der Waals surface area contributed by atoms with Crippen molar-refractivity contribution in [2.45, 2.75) is 64.0 Å². The molecule has 0 fully saturated rings. The summed E-state index contributed by atoms with van der Waals surface area (Å²) >= 11 is 0. The van der Waals surface area contributed by atoms with E-state index in [1.54, 1.807) is 13.0 Å². The molecule has 8 heteroatoms. The second-order valence-electron chi connectivity index (χ2n) is 11.1. The van der Waals surface area contributed by atoms with Gasteiger partial charge in [0.05, 0.1) is 24.5 Å². The zero-order valence-electron chi connectivity index (χ0n) is 25.1. The Hall–Kier alpha value is -4.17. The Labute approximate surface area is 254 Å². The van der Waals surface area contributed by atoms with E-state index < -0.39 is 18.0 Å². The van der Waals surface area contributed by atoms with Gasteiger partial charge in [-0.1, -0.05) is 60.7 Å². The fraction of sp³-hybridized carbons (Fsp3) is 0.400. The first-order valence-corrected chi connectivity index (χ1v) is 15.0. The number of carbonyl (C=O) groups is 3. The second-order valence-corrected chi connectivity index (χ2v) is 11.1. The van der Waals surface area contributed by atoms with Crippen LogP contribution in [0.4, 0.5) is 0 Å². The van der Waals surface area contributed by atoms with Crippen LogP contribution in [0.5, 0.6) is 0 Å². The van der Waals surface area contributed by atoms with Crippen molar-refractivity contribution in [3.05, 3.63) is 97.2 Å². The summed E-state index contributed by atoms with van der Waals surface area (Å²) in [6, 6.07) is 16.8. The van der Waals surface area contributed by atoms with Gasteiger partial charge in [-0.3, -0.25) is 14.4 Å². The molecule has 2 amide bonds. The van der Waals surface area contributed by atoms with Crippen molar-refractivity contribution < 1.29 is 24.2 Å². The van der Waals surface area contributed by atoms with Gasteiger partial charge >= 0.3 is 5.97 Å². The SMILES string of the molecule is C=CCCC[C@H](Cc1ccccc1)C(=O)OC[C@H](Cc1c[nH]c2ccccc12)NC(=O)[C@H](CC=C)CC(=O)N[C@H](C)CO. The zero-order valence-corrected chi connectivity index (χ0v) is 25.1. The maximum Gasteiger partial charge on any atom is 0.309 e. The van der Waals surface area contributed by atoms with Crippen LogP contribution in [0.25, 0.3) is 10.9 Å². The summed E-state index contributed by atoms with van der Waals surface area (Å²) in [6.07, 6.45) is 8.92. The number of aromatic amines is 1. The van der Waals surface area contributed by atoms with E-state index in [1.165, 1.54) is 0 Å². The summed E-state index contributed by atoms with van der Waals surface area (Å²) in [5, 5.41) is 16.0. The molecule has 0 saturated carbocycles. The molecule has 230 valence electrons. The normalized spacial score (nSPS) is 13.8. The second kappa shape index (κ2) is 17.7. The highest BCUT2D eigenvalue weighted by molar-refractivity contribution is 5.86. The zero-order chi connectivity index (χ0) is 31.0. The monoisotopic (exact) mass is 587 g/mol. The third-order valence-electron chi connectivity index (χ3n) is 7.47. The molecule has 1 heterocycles. The standard InChI is InChI=1S/C35H45N3O5/c1-4-6-8-16-28(19-26-14-9-7-10-15-26)35(42)43-24-30(20-29-22-36-32-18-12-11-17-31(29)32)38-34(41)27(13-5-2)21-33(40)37-25(3)23-39/h4-5,7,9-12,14-15,17-18,22,25,27-28,30,36,39H,1-2,6,8,13,16,19-21,23-24H2,3H3,(H,37,40)(H,38,41)/t25-,27-,28-,30+/m1/s1. The highest BCUT2D eigenvalue weighted by atomic mass is 16.5. The van der Waals surface area contributed by atoms with Gasteiger partial charge in [-0.15, -0.1) is 13.2 Å². The number of allylic oxidation sites excluding steroid dienone is 2. The summed E-state index contributed by atoms with van der Waals surface area (Å²) in [5.41, 5.74) is 3.02. The largest absolute Gasteiger partial charge is 0.463 e. The van der Waals surface area contributed by atoms with Crippen LogP contribution in [0, 0.1) is 11.8 Å². The fourth-order valence-electron chi connectivity index (χ4n) is 5.14. The van der Waals surface area contributed by atoms with Gasteiger partial charge in [-0.2, -0.15) is 0 Å². The van der Waals surface area contributed by atoms with E-state index in [0.717, 1.165) is 34.9 Å². The number of unbranched alkanes of at least 4 members (excludes halogenated alkanes) is 1. The first-order chi connectivity index (χ1) is 20.8. The van der Waals surface area contributed by atoms with Crippen molar-refractivity contribution >= 4 is 28.7 Å². The Morgan fingerprint density at radius 2 is 1.72 bits per heavy atom. The summed E-state index contributed by atoms with van der Waals surface area (Å²) in [6.45, 7) is 9.03. The highest BCUT2D eigenvalue weighted by Gasteiger charge is 2.27. The van der Waals surface area contributed by atoms with E-state index in [4.69, 9.17) is 4.74 Å². The molecule has 4 atom stereocenters. The van der Waals surface area contributed by atoms with Crippen LogP contribution in [0.2, 0.25) is 0 Å². The van der Waals surface area contributed by atoms with E-state index in [0.29, 0.717) is 25.7 Å². The molecule has 0 spiro atoms. The van der Waals surface area contributed by atoms with Gasteiger partial charge in [-0.25, -0.2) is 0 Å². The molecular formula is C35H45N3O5.